The quantitative estimate of drug-likeness (QED) is 0.851. The van der Waals surface area contributed by atoms with E-state index >= 15 is 0 Å². The summed E-state index contributed by atoms with van der Waals surface area (Å²) in [6, 6.07) is 0. The highest BCUT2D eigenvalue weighted by Crippen LogP contribution is 2.39. The number of carbonyl (C=O) groups is 1. The summed E-state index contributed by atoms with van der Waals surface area (Å²) in [5, 5.41) is 15.5. The summed E-state index contributed by atoms with van der Waals surface area (Å²) in [4.78, 5) is 12.0. The van der Waals surface area contributed by atoms with E-state index in [-0.39, 0.29) is 11.7 Å². The second kappa shape index (κ2) is 5.51. The van der Waals surface area contributed by atoms with Crippen molar-refractivity contribution in [3.63, 3.8) is 0 Å². The Balaban J connectivity index is 1.56. The van der Waals surface area contributed by atoms with Gasteiger partial charge in [0.2, 0.25) is 11.8 Å². The van der Waals surface area contributed by atoms with E-state index in [1.165, 1.54) is 11.8 Å². The van der Waals surface area contributed by atoms with Crippen LogP contribution in [0.2, 0.25) is 0 Å². The molecule has 0 radical (unpaired) electrons. The third-order valence-corrected chi connectivity index (χ3v) is 4.27. The van der Waals surface area contributed by atoms with Gasteiger partial charge in [0, 0.05) is 13.0 Å². The number of hydrogen-bond acceptors (Lipinski definition) is 6. The average molecular weight is 307 g/mol. The van der Waals surface area contributed by atoms with Crippen molar-refractivity contribution in [1.82, 2.24) is 20.0 Å². The SMILES string of the molecule is Cc1nn(C)c(C)c1NC(=O)CSc1nnc(C2CC2)o1. The van der Waals surface area contributed by atoms with Gasteiger partial charge in [0.25, 0.3) is 5.22 Å². The monoisotopic (exact) mass is 307 g/mol. The van der Waals surface area contributed by atoms with Crippen molar-refractivity contribution in [3.05, 3.63) is 17.3 Å². The van der Waals surface area contributed by atoms with Gasteiger partial charge in [-0.1, -0.05) is 11.8 Å². The van der Waals surface area contributed by atoms with Crippen LogP contribution in [-0.2, 0) is 11.8 Å². The molecule has 8 heteroatoms. The zero-order valence-electron chi connectivity index (χ0n) is 12.2. The van der Waals surface area contributed by atoms with Crippen LogP contribution in [0.15, 0.2) is 9.64 Å². The summed E-state index contributed by atoms with van der Waals surface area (Å²) >= 11 is 1.25. The van der Waals surface area contributed by atoms with Gasteiger partial charge in [0.15, 0.2) is 0 Å². The Labute approximate surface area is 126 Å². The fraction of sp³-hybridized carbons (Fsp3) is 0.538. The predicted molar refractivity (Wildman–Crippen MR) is 78.3 cm³/mol. The van der Waals surface area contributed by atoms with Gasteiger partial charge in [-0.05, 0) is 26.7 Å². The van der Waals surface area contributed by atoms with Crippen molar-refractivity contribution in [2.75, 3.05) is 11.1 Å². The van der Waals surface area contributed by atoms with Crippen molar-refractivity contribution in [1.29, 1.82) is 0 Å². The molecule has 1 amide bonds. The van der Waals surface area contributed by atoms with Crippen molar-refractivity contribution in [3.8, 4) is 0 Å². The topological polar surface area (TPSA) is 85.8 Å². The van der Waals surface area contributed by atoms with Gasteiger partial charge in [0.05, 0.1) is 22.8 Å². The number of nitrogens with zero attached hydrogens (tertiary/aromatic N) is 4. The number of thioether (sulfide) groups is 1. The van der Waals surface area contributed by atoms with E-state index in [1.54, 1.807) is 4.68 Å². The molecule has 21 heavy (non-hydrogen) atoms. The first-order chi connectivity index (χ1) is 10.0. The van der Waals surface area contributed by atoms with E-state index in [4.69, 9.17) is 4.42 Å². The Morgan fingerprint density at radius 2 is 2.19 bits per heavy atom. The van der Waals surface area contributed by atoms with Gasteiger partial charge in [-0.15, -0.1) is 10.2 Å². The second-order valence-corrected chi connectivity index (χ2v) is 6.11. The number of anilines is 1. The van der Waals surface area contributed by atoms with Crippen LogP contribution < -0.4 is 5.32 Å². The van der Waals surface area contributed by atoms with Crippen molar-refractivity contribution >= 4 is 23.4 Å². The molecule has 0 atom stereocenters. The number of carbonyl (C=O) groups excluding carboxylic acids is 1. The molecule has 7 nitrogen and oxygen atoms in total. The highest BCUT2D eigenvalue weighted by molar-refractivity contribution is 7.99. The normalized spacial score (nSPS) is 14.4. The molecule has 0 spiro atoms. The van der Waals surface area contributed by atoms with Gasteiger partial charge < -0.3 is 9.73 Å². The minimum absolute atomic E-state index is 0.106. The summed E-state index contributed by atoms with van der Waals surface area (Å²) in [5.74, 6) is 1.25. The van der Waals surface area contributed by atoms with E-state index in [9.17, 15) is 4.79 Å². The fourth-order valence-electron chi connectivity index (χ4n) is 2.03. The van der Waals surface area contributed by atoms with E-state index in [0.29, 0.717) is 17.0 Å². The van der Waals surface area contributed by atoms with Gasteiger partial charge >= 0.3 is 0 Å². The van der Waals surface area contributed by atoms with E-state index in [1.807, 2.05) is 20.9 Å². The molecule has 2 aromatic rings. The Hall–Kier alpha value is -1.83. The Morgan fingerprint density at radius 3 is 2.81 bits per heavy atom. The van der Waals surface area contributed by atoms with Gasteiger partial charge in [0.1, 0.15) is 0 Å². The largest absolute Gasteiger partial charge is 0.416 e. The lowest BCUT2D eigenvalue weighted by molar-refractivity contribution is -0.113. The second-order valence-electron chi connectivity index (χ2n) is 5.19. The van der Waals surface area contributed by atoms with Crippen molar-refractivity contribution < 1.29 is 9.21 Å². The first-order valence-corrected chi connectivity index (χ1v) is 7.79. The molecular weight excluding hydrogens is 290 g/mol. The standard InChI is InChI=1S/C13H17N5O2S/c1-7-11(8(2)18(3)17-7)14-10(19)6-21-13-16-15-12(20-13)9-4-5-9/h9H,4-6H2,1-3H3,(H,14,19). The number of nitrogens with one attached hydrogen (secondary N) is 1. The zero-order chi connectivity index (χ0) is 15.0. The molecule has 2 aromatic heterocycles. The van der Waals surface area contributed by atoms with Crippen molar-refractivity contribution in [2.45, 2.75) is 37.8 Å². The maximum Gasteiger partial charge on any atom is 0.277 e. The zero-order valence-corrected chi connectivity index (χ0v) is 13.0. The molecule has 112 valence electrons. The third-order valence-electron chi connectivity index (χ3n) is 3.45. The number of aryl methyl sites for hydroxylation is 2. The average Bonchev–Trinajstić information content (AvgIpc) is 3.15. The smallest absolute Gasteiger partial charge is 0.277 e. The molecule has 1 aliphatic rings. The first-order valence-electron chi connectivity index (χ1n) is 6.81. The summed E-state index contributed by atoms with van der Waals surface area (Å²) in [6.45, 7) is 3.79. The minimum Gasteiger partial charge on any atom is -0.416 e. The minimum atomic E-state index is -0.106. The molecule has 2 heterocycles. The molecule has 0 aliphatic heterocycles. The van der Waals surface area contributed by atoms with Crippen LogP contribution in [0.5, 0.6) is 0 Å². The highest BCUT2D eigenvalue weighted by atomic mass is 32.2. The van der Waals surface area contributed by atoms with Crippen LogP contribution in [0.1, 0.15) is 36.0 Å². The molecule has 1 N–H and O–H groups in total. The van der Waals surface area contributed by atoms with E-state index < -0.39 is 0 Å². The number of amides is 1. The Morgan fingerprint density at radius 1 is 1.43 bits per heavy atom. The first kappa shape index (κ1) is 14.1. The lowest BCUT2D eigenvalue weighted by atomic mass is 10.3. The molecule has 1 aliphatic carbocycles. The summed E-state index contributed by atoms with van der Waals surface area (Å²) in [7, 11) is 1.85. The number of hydrogen-bond donors (Lipinski definition) is 1. The van der Waals surface area contributed by atoms with Crippen molar-refractivity contribution in [2.24, 2.45) is 7.05 Å². The summed E-state index contributed by atoms with van der Waals surface area (Å²) in [5.41, 5.74) is 2.51. The molecule has 3 rings (SSSR count). The maximum absolute atomic E-state index is 12.0. The van der Waals surface area contributed by atoms with Gasteiger partial charge in [-0.3, -0.25) is 9.48 Å². The molecule has 0 unspecified atom stereocenters. The predicted octanol–water partition coefficient (Wildman–Crippen LogP) is 2.03. The Bertz CT molecular complexity index is 674. The lowest BCUT2D eigenvalue weighted by Crippen LogP contribution is -2.15. The molecule has 0 aromatic carbocycles. The third kappa shape index (κ3) is 3.10. The Kier molecular flexibility index (Phi) is 3.71. The molecule has 0 saturated heterocycles. The van der Waals surface area contributed by atoms with Gasteiger partial charge in [-0.25, -0.2) is 0 Å². The van der Waals surface area contributed by atoms with Crippen LogP contribution >= 0.6 is 11.8 Å². The number of aromatic nitrogens is 4. The van der Waals surface area contributed by atoms with Crippen LogP contribution in [0.3, 0.4) is 0 Å². The maximum atomic E-state index is 12.0. The van der Waals surface area contributed by atoms with Crippen LogP contribution in [0.4, 0.5) is 5.69 Å². The molecule has 0 bridgehead atoms. The fourth-order valence-corrected chi connectivity index (χ4v) is 2.60. The molecule has 1 saturated carbocycles. The lowest BCUT2D eigenvalue weighted by Gasteiger charge is -2.04. The van der Waals surface area contributed by atoms with E-state index in [2.05, 4.69) is 20.6 Å². The van der Waals surface area contributed by atoms with E-state index in [0.717, 1.165) is 29.9 Å². The molecular formula is C13H17N5O2S. The van der Waals surface area contributed by atoms with Crippen LogP contribution in [0, 0.1) is 13.8 Å². The van der Waals surface area contributed by atoms with Crippen LogP contribution in [-0.4, -0.2) is 31.6 Å². The molecule has 1 fully saturated rings. The summed E-state index contributed by atoms with van der Waals surface area (Å²) in [6.07, 6.45) is 2.23. The van der Waals surface area contributed by atoms with Gasteiger partial charge in [-0.2, -0.15) is 5.10 Å². The number of rotatable bonds is 5. The van der Waals surface area contributed by atoms with Crippen LogP contribution in [0.25, 0.3) is 0 Å². The highest BCUT2D eigenvalue weighted by Gasteiger charge is 2.29. The summed E-state index contributed by atoms with van der Waals surface area (Å²) < 4.78 is 7.25.